The molecule has 2 heterocycles. The number of esters is 1. The number of aromatic nitrogens is 2. The van der Waals surface area contributed by atoms with Gasteiger partial charge < -0.3 is 4.74 Å². The molecule has 0 radical (unpaired) electrons. The lowest BCUT2D eigenvalue weighted by Crippen LogP contribution is -2.52. The highest BCUT2D eigenvalue weighted by atomic mass is 16.6. The Morgan fingerprint density at radius 2 is 1.16 bits per heavy atom. The maximum absolute atomic E-state index is 13.4. The van der Waals surface area contributed by atoms with Crippen LogP contribution >= 0.6 is 0 Å². The highest BCUT2D eigenvalue weighted by molar-refractivity contribution is 5.93. The van der Waals surface area contributed by atoms with Crippen molar-refractivity contribution < 1.29 is 9.53 Å². The molecule has 7 rings (SSSR count). The highest BCUT2D eigenvalue weighted by Crippen LogP contribution is 2.57. The molecular weight excluding hydrogens is 384 g/mol. The lowest BCUT2D eigenvalue weighted by Gasteiger charge is -2.55. The molecule has 4 heteroatoms. The van der Waals surface area contributed by atoms with E-state index in [1.807, 2.05) is 36.4 Å². The summed E-state index contributed by atoms with van der Waals surface area (Å²) in [6.07, 6.45) is 14.3. The van der Waals surface area contributed by atoms with Gasteiger partial charge in [0, 0.05) is 24.8 Å². The van der Waals surface area contributed by atoms with E-state index in [0.29, 0.717) is 5.56 Å². The molecule has 4 aliphatic rings. The van der Waals surface area contributed by atoms with Gasteiger partial charge in [-0.3, -0.25) is 9.97 Å². The molecule has 0 N–H and O–H groups in total. The van der Waals surface area contributed by atoms with Crippen LogP contribution in [-0.2, 0) is 4.74 Å². The normalized spacial score (nSPS) is 28.5. The second kappa shape index (κ2) is 7.30. The number of carbonyl (C=O) groups is 1. The van der Waals surface area contributed by atoms with Gasteiger partial charge in [-0.1, -0.05) is 0 Å². The topological polar surface area (TPSA) is 52.1 Å². The van der Waals surface area contributed by atoms with Gasteiger partial charge in [-0.2, -0.15) is 0 Å². The number of ether oxygens (including phenoxy) is 1. The zero-order valence-electron chi connectivity index (χ0n) is 17.5. The molecule has 2 aromatic heterocycles. The number of carbonyl (C=O) groups excluding carboxylic acids is 1. The van der Waals surface area contributed by atoms with E-state index in [9.17, 15) is 4.79 Å². The lowest BCUT2D eigenvalue weighted by molar-refractivity contribution is -0.131. The van der Waals surface area contributed by atoms with Crippen LogP contribution in [-0.4, -0.2) is 21.5 Å². The first kappa shape index (κ1) is 18.7. The van der Waals surface area contributed by atoms with E-state index in [-0.39, 0.29) is 11.6 Å². The Hall–Kier alpha value is -3.01. The summed E-state index contributed by atoms with van der Waals surface area (Å²) >= 11 is 0. The summed E-state index contributed by atoms with van der Waals surface area (Å²) in [5.41, 5.74) is 4.44. The molecule has 0 aliphatic heterocycles. The molecular formula is C27H26N2O2. The van der Waals surface area contributed by atoms with E-state index in [1.54, 1.807) is 24.8 Å². The molecule has 1 aromatic carbocycles. The van der Waals surface area contributed by atoms with Crippen molar-refractivity contribution in [2.45, 2.75) is 44.1 Å². The molecule has 4 bridgehead atoms. The molecule has 0 saturated heterocycles. The van der Waals surface area contributed by atoms with Crippen LogP contribution in [0.3, 0.4) is 0 Å². The zero-order valence-corrected chi connectivity index (χ0v) is 17.5. The van der Waals surface area contributed by atoms with Crippen LogP contribution in [0.4, 0.5) is 0 Å². The first-order chi connectivity index (χ1) is 15.2. The Bertz CT molecular complexity index is 1020. The summed E-state index contributed by atoms with van der Waals surface area (Å²) in [4.78, 5) is 21.7. The van der Waals surface area contributed by atoms with Crippen LogP contribution in [0.15, 0.2) is 67.3 Å². The molecule has 4 saturated carbocycles. The Balaban J connectivity index is 1.36. The first-order valence-electron chi connectivity index (χ1n) is 11.4. The van der Waals surface area contributed by atoms with Crippen molar-refractivity contribution in [1.82, 2.24) is 9.97 Å². The molecule has 3 aromatic rings. The van der Waals surface area contributed by atoms with Gasteiger partial charge in [0.2, 0.25) is 0 Å². The summed E-state index contributed by atoms with van der Waals surface area (Å²) in [7, 11) is 0. The third-order valence-corrected chi connectivity index (χ3v) is 7.49. The molecule has 4 nitrogen and oxygen atoms in total. The summed E-state index contributed by atoms with van der Waals surface area (Å²) < 4.78 is 6.35. The number of benzene rings is 1. The number of hydrogen-bond acceptors (Lipinski definition) is 4. The molecule has 31 heavy (non-hydrogen) atoms. The maximum atomic E-state index is 13.4. The summed E-state index contributed by atoms with van der Waals surface area (Å²) in [6, 6.07) is 13.9. The van der Waals surface area contributed by atoms with Crippen molar-refractivity contribution in [3.63, 3.8) is 0 Å². The fourth-order valence-electron chi connectivity index (χ4n) is 6.58. The molecule has 156 valence electrons. The molecule has 0 amide bonds. The second-order valence-corrected chi connectivity index (χ2v) is 9.76. The molecule has 0 spiro atoms. The van der Waals surface area contributed by atoms with E-state index in [4.69, 9.17) is 4.74 Å². The van der Waals surface area contributed by atoms with Crippen LogP contribution in [0.5, 0.6) is 0 Å². The summed E-state index contributed by atoms with van der Waals surface area (Å²) in [5.74, 6) is 2.05. The molecule has 4 aliphatic carbocycles. The number of nitrogens with zero attached hydrogens (tertiary/aromatic N) is 2. The average molecular weight is 411 g/mol. The largest absolute Gasteiger partial charge is 0.455 e. The Morgan fingerprint density at radius 1 is 0.710 bits per heavy atom. The van der Waals surface area contributed by atoms with Crippen molar-refractivity contribution >= 4 is 5.97 Å². The predicted molar refractivity (Wildman–Crippen MR) is 119 cm³/mol. The summed E-state index contributed by atoms with van der Waals surface area (Å²) in [5, 5.41) is 0. The van der Waals surface area contributed by atoms with Crippen molar-refractivity contribution in [2.75, 3.05) is 0 Å². The summed E-state index contributed by atoms with van der Waals surface area (Å²) in [6.45, 7) is 0. The van der Waals surface area contributed by atoms with Crippen molar-refractivity contribution in [3.05, 3.63) is 72.8 Å². The zero-order chi connectivity index (χ0) is 20.8. The molecule has 0 atom stereocenters. The van der Waals surface area contributed by atoms with Crippen LogP contribution in [0, 0.1) is 17.8 Å². The fraction of sp³-hybridized carbons (Fsp3) is 0.370. The maximum Gasteiger partial charge on any atom is 0.338 e. The third kappa shape index (κ3) is 3.54. The van der Waals surface area contributed by atoms with Gasteiger partial charge in [0.15, 0.2) is 0 Å². The monoisotopic (exact) mass is 410 g/mol. The van der Waals surface area contributed by atoms with Gasteiger partial charge in [0.05, 0.1) is 5.56 Å². The SMILES string of the molecule is O=C(OC12CC3CC(CC(C3)C1)C2)c1cc(-c2ccncc2)cc(-c2ccncc2)c1. The van der Waals surface area contributed by atoms with E-state index >= 15 is 0 Å². The van der Waals surface area contributed by atoms with E-state index in [2.05, 4.69) is 16.0 Å². The van der Waals surface area contributed by atoms with Gasteiger partial charge in [0.25, 0.3) is 0 Å². The Morgan fingerprint density at radius 3 is 1.61 bits per heavy atom. The smallest absolute Gasteiger partial charge is 0.338 e. The van der Waals surface area contributed by atoms with Crippen molar-refractivity contribution in [1.29, 1.82) is 0 Å². The minimum Gasteiger partial charge on any atom is -0.455 e. The van der Waals surface area contributed by atoms with Gasteiger partial charge in [-0.05, 0) is 121 Å². The third-order valence-electron chi connectivity index (χ3n) is 7.49. The van der Waals surface area contributed by atoms with Crippen LogP contribution in [0.1, 0.15) is 48.9 Å². The van der Waals surface area contributed by atoms with Gasteiger partial charge >= 0.3 is 5.97 Å². The number of rotatable bonds is 4. The quantitative estimate of drug-likeness (QED) is 0.500. The molecule has 0 unspecified atom stereocenters. The predicted octanol–water partition coefficient (Wildman–Crippen LogP) is 5.94. The first-order valence-corrected chi connectivity index (χ1v) is 11.4. The number of hydrogen-bond donors (Lipinski definition) is 0. The number of pyridine rings is 2. The van der Waals surface area contributed by atoms with Gasteiger partial charge in [0.1, 0.15) is 5.60 Å². The minimum absolute atomic E-state index is 0.187. The van der Waals surface area contributed by atoms with Crippen LogP contribution in [0.25, 0.3) is 22.3 Å². The van der Waals surface area contributed by atoms with Crippen molar-refractivity contribution in [2.24, 2.45) is 17.8 Å². The van der Waals surface area contributed by atoms with Gasteiger partial charge in [-0.15, -0.1) is 0 Å². The van der Waals surface area contributed by atoms with Crippen molar-refractivity contribution in [3.8, 4) is 22.3 Å². The van der Waals surface area contributed by atoms with Crippen LogP contribution in [0.2, 0.25) is 0 Å². The minimum atomic E-state index is -0.241. The van der Waals surface area contributed by atoms with E-state index in [0.717, 1.165) is 59.3 Å². The lowest BCUT2D eigenvalue weighted by atomic mass is 9.54. The second-order valence-electron chi connectivity index (χ2n) is 9.76. The Kier molecular flexibility index (Phi) is 4.41. The standard InChI is InChI=1S/C27H26N2O2/c30-26(31-27-15-18-9-19(16-27)11-20(10-18)17-27)25-13-23(21-1-5-28-6-2-21)12-24(14-25)22-3-7-29-8-4-22/h1-8,12-14,18-20H,9-11,15-17H2. The fourth-order valence-corrected chi connectivity index (χ4v) is 6.58. The van der Waals surface area contributed by atoms with E-state index in [1.165, 1.54) is 19.3 Å². The Labute approximate surface area is 182 Å². The van der Waals surface area contributed by atoms with Crippen LogP contribution < -0.4 is 0 Å². The van der Waals surface area contributed by atoms with Gasteiger partial charge in [-0.25, -0.2) is 4.79 Å². The van der Waals surface area contributed by atoms with E-state index < -0.39 is 0 Å². The molecule has 4 fully saturated rings. The highest BCUT2D eigenvalue weighted by Gasteiger charge is 2.53. The average Bonchev–Trinajstić information content (AvgIpc) is 2.79.